The lowest BCUT2D eigenvalue weighted by atomic mass is 10.3. The van der Waals surface area contributed by atoms with Gasteiger partial charge in [-0.1, -0.05) is 0 Å². The fourth-order valence-electron chi connectivity index (χ4n) is 1.78. The molecule has 1 heterocycles. The van der Waals surface area contributed by atoms with Crippen molar-refractivity contribution in [2.24, 2.45) is 4.99 Å². The number of hydrogen-bond acceptors (Lipinski definition) is 4. The molecule has 1 aliphatic rings. The van der Waals surface area contributed by atoms with Crippen molar-refractivity contribution in [3.63, 3.8) is 0 Å². The molecule has 19 heavy (non-hydrogen) atoms. The van der Waals surface area contributed by atoms with Gasteiger partial charge in [-0.15, -0.1) is 24.0 Å². The third-order valence-corrected chi connectivity index (χ3v) is 2.69. The maximum atomic E-state index is 11.2. The number of hydrogen-bond donors (Lipinski definition) is 2. The second-order valence-electron chi connectivity index (χ2n) is 3.97. The van der Waals surface area contributed by atoms with Crippen LogP contribution in [0.15, 0.2) is 4.99 Å². The number of aliphatic imine (C=N–C) groups is 1. The lowest BCUT2D eigenvalue weighted by molar-refractivity contribution is -0.119. The highest BCUT2D eigenvalue weighted by Gasteiger charge is 2.22. The average molecular weight is 386 g/mol. The maximum Gasteiger partial charge on any atom is 0.239 e. The Morgan fingerprint density at radius 2 is 2.32 bits per heavy atom. The fourth-order valence-corrected chi connectivity index (χ4v) is 1.78. The number of nitrogens with one attached hydrogen (secondary N) is 2. The minimum absolute atomic E-state index is 0. The number of methoxy groups -OCH3 is 1. The van der Waals surface area contributed by atoms with Crippen LogP contribution in [-0.4, -0.2) is 76.9 Å². The molecule has 0 saturated carbocycles. The summed E-state index contributed by atoms with van der Waals surface area (Å²) in [5.74, 6) is 0.640. The van der Waals surface area contributed by atoms with Crippen LogP contribution in [0.4, 0.5) is 0 Å². The van der Waals surface area contributed by atoms with E-state index >= 15 is 0 Å². The first kappa shape index (κ1) is 18.4. The number of morpholine rings is 1. The second kappa shape index (κ2) is 10.2. The van der Waals surface area contributed by atoms with E-state index in [1.807, 2.05) is 0 Å². The highest BCUT2D eigenvalue weighted by Crippen LogP contribution is 2.05. The summed E-state index contributed by atoms with van der Waals surface area (Å²) in [6, 6.07) is 0. The van der Waals surface area contributed by atoms with Gasteiger partial charge in [-0.25, -0.2) is 0 Å². The van der Waals surface area contributed by atoms with Gasteiger partial charge in [0.05, 0.1) is 25.9 Å². The molecule has 7 nitrogen and oxygen atoms in total. The van der Waals surface area contributed by atoms with Crippen LogP contribution in [0.3, 0.4) is 0 Å². The molecular formula is C11H23IN4O3. The normalized spacial score (nSPS) is 19.6. The number of amides is 1. The number of ether oxygens (including phenoxy) is 2. The summed E-state index contributed by atoms with van der Waals surface area (Å²) in [5, 5.41) is 5.58. The zero-order chi connectivity index (χ0) is 13.4. The van der Waals surface area contributed by atoms with Crippen LogP contribution in [-0.2, 0) is 14.3 Å². The van der Waals surface area contributed by atoms with E-state index in [4.69, 9.17) is 9.47 Å². The van der Waals surface area contributed by atoms with Gasteiger partial charge in [-0.05, 0) is 0 Å². The Balaban J connectivity index is 0.00000324. The quantitative estimate of drug-likeness (QED) is 0.379. The first-order chi connectivity index (χ1) is 8.71. The number of guanidine groups is 1. The molecule has 0 spiro atoms. The highest BCUT2D eigenvalue weighted by atomic mass is 127. The smallest absolute Gasteiger partial charge is 0.239 e. The van der Waals surface area contributed by atoms with Crippen molar-refractivity contribution < 1.29 is 14.3 Å². The molecule has 0 aliphatic carbocycles. The summed E-state index contributed by atoms with van der Waals surface area (Å²) in [5.41, 5.74) is 0. The van der Waals surface area contributed by atoms with Crippen LogP contribution in [0, 0.1) is 0 Å². The zero-order valence-electron chi connectivity index (χ0n) is 11.6. The largest absolute Gasteiger partial charge is 0.382 e. The first-order valence-electron chi connectivity index (χ1n) is 5.98. The van der Waals surface area contributed by atoms with E-state index in [1.165, 1.54) is 0 Å². The van der Waals surface area contributed by atoms with Crippen LogP contribution in [0.5, 0.6) is 0 Å². The lowest BCUT2D eigenvalue weighted by Gasteiger charge is -2.34. The molecule has 1 aliphatic heterocycles. The van der Waals surface area contributed by atoms with Crippen molar-refractivity contribution in [2.75, 3.05) is 54.1 Å². The number of carbonyl (C=O) groups excluding carboxylic acids is 1. The number of carbonyl (C=O) groups is 1. The lowest BCUT2D eigenvalue weighted by Crippen LogP contribution is -2.52. The van der Waals surface area contributed by atoms with Crippen molar-refractivity contribution in [3.8, 4) is 0 Å². The van der Waals surface area contributed by atoms with Crippen molar-refractivity contribution >= 4 is 35.8 Å². The molecule has 1 rings (SSSR count). The predicted octanol–water partition coefficient (Wildman–Crippen LogP) is -0.727. The van der Waals surface area contributed by atoms with Crippen molar-refractivity contribution in [1.82, 2.24) is 15.5 Å². The predicted molar refractivity (Wildman–Crippen MR) is 84.0 cm³/mol. The third kappa shape index (κ3) is 6.39. The van der Waals surface area contributed by atoms with Gasteiger partial charge in [-0.3, -0.25) is 9.79 Å². The number of halogens is 1. The maximum absolute atomic E-state index is 11.2. The van der Waals surface area contributed by atoms with Gasteiger partial charge >= 0.3 is 0 Å². The molecule has 1 atom stereocenters. The molecule has 1 amide bonds. The summed E-state index contributed by atoms with van der Waals surface area (Å²) in [4.78, 5) is 17.4. The van der Waals surface area contributed by atoms with E-state index in [2.05, 4.69) is 20.5 Å². The van der Waals surface area contributed by atoms with Crippen LogP contribution in [0.1, 0.15) is 0 Å². The standard InChI is InChI=1S/C11H22N4O3.HI/c1-12-10(16)6-14-11(13-2)15-4-5-18-9(7-15)8-17-3;/h9H,4-8H2,1-3H3,(H,12,16)(H,13,14);1H. The zero-order valence-corrected chi connectivity index (χ0v) is 14.0. The van der Waals surface area contributed by atoms with Crippen LogP contribution < -0.4 is 10.6 Å². The van der Waals surface area contributed by atoms with Crippen LogP contribution in [0.2, 0.25) is 0 Å². The molecule has 2 N–H and O–H groups in total. The number of likely N-dealkylation sites (N-methyl/N-ethyl adjacent to an activating group) is 1. The summed E-state index contributed by atoms with van der Waals surface area (Å²) in [6.07, 6.45) is 0.0438. The SMILES string of the molecule is CN=C(NCC(=O)NC)N1CCOC(COC)C1.I. The molecule has 0 aromatic rings. The molecule has 1 unspecified atom stereocenters. The number of nitrogens with zero attached hydrogens (tertiary/aromatic N) is 2. The third-order valence-electron chi connectivity index (χ3n) is 2.69. The van der Waals surface area contributed by atoms with Gasteiger partial charge in [0, 0.05) is 34.3 Å². The van der Waals surface area contributed by atoms with Crippen LogP contribution >= 0.6 is 24.0 Å². The molecule has 0 radical (unpaired) electrons. The highest BCUT2D eigenvalue weighted by molar-refractivity contribution is 14.0. The van der Waals surface area contributed by atoms with Gasteiger partial charge in [-0.2, -0.15) is 0 Å². The van der Waals surface area contributed by atoms with Gasteiger partial charge in [0.2, 0.25) is 5.91 Å². The molecule has 0 aromatic heterocycles. The Morgan fingerprint density at radius 1 is 1.58 bits per heavy atom. The van der Waals surface area contributed by atoms with E-state index in [0.717, 1.165) is 6.54 Å². The molecule has 0 bridgehead atoms. The molecule has 0 aromatic carbocycles. The van der Waals surface area contributed by atoms with Crippen LogP contribution in [0.25, 0.3) is 0 Å². The van der Waals surface area contributed by atoms with Gasteiger partial charge in [0.15, 0.2) is 5.96 Å². The minimum atomic E-state index is -0.0714. The van der Waals surface area contributed by atoms with E-state index < -0.39 is 0 Å². The Hall–Kier alpha value is -0.610. The Kier molecular flexibility index (Phi) is 9.88. The second-order valence-corrected chi connectivity index (χ2v) is 3.97. The molecule has 1 saturated heterocycles. The summed E-state index contributed by atoms with van der Waals surface area (Å²) < 4.78 is 10.6. The van der Waals surface area contributed by atoms with E-state index in [9.17, 15) is 4.79 Å². The fraction of sp³-hybridized carbons (Fsp3) is 0.818. The topological polar surface area (TPSA) is 75.2 Å². The summed E-state index contributed by atoms with van der Waals surface area (Å²) in [6.45, 7) is 2.88. The molecule has 1 fully saturated rings. The van der Waals surface area contributed by atoms with E-state index in [1.54, 1.807) is 21.2 Å². The summed E-state index contributed by atoms with van der Waals surface area (Å²) in [7, 11) is 4.96. The van der Waals surface area contributed by atoms with Crippen molar-refractivity contribution in [3.05, 3.63) is 0 Å². The van der Waals surface area contributed by atoms with E-state index in [-0.39, 0.29) is 42.5 Å². The molecule has 8 heteroatoms. The molecular weight excluding hydrogens is 363 g/mol. The van der Waals surface area contributed by atoms with Crippen molar-refractivity contribution in [2.45, 2.75) is 6.10 Å². The molecule has 112 valence electrons. The monoisotopic (exact) mass is 386 g/mol. The Labute approximate surface area is 131 Å². The number of rotatable bonds is 4. The van der Waals surface area contributed by atoms with Gasteiger partial charge in [0.25, 0.3) is 0 Å². The summed E-state index contributed by atoms with van der Waals surface area (Å²) >= 11 is 0. The Morgan fingerprint density at radius 3 is 2.89 bits per heavy atom. The van der Waals surface area contributed by atoms with Crippen molar-refractivity contribution in [1.29, 1.82) is 0 Å². The van der Waals surface area contributed by atoms with Gasteiger partial charge in [0.1, 0.15) is 0 Å². The first-order valence-corrected chi connectivity index (χ1v) is 5.98. The van der Waals surface area contributed by atoms with Gasteiger partial charge < -0.3 is 25.0 Å². The Bertz CT molecular complexity index is 300. The average Bonchev–Trinajstić information content (AvgIpc) is 2.40. The minimum Gasteiger partial charge on any atom is -0.382 e. The van der Waals surface area contributed by atoms with E-state index in [0.29, 0.717) is 25.7 Å².